The van der Waals surface area contributed by atoms with Crippen molar-refractivity contribution in [2.24, 2.45) is 5.73 Å². The molecule has 0 spiro atoms. The van der Waals surface area contributed by atoms with Crippen LogP contribution in [0.3, 0.4) is 0 Å². The largest absolute Gasteiger partial charge is 0.480 e. The Kier molecular flexibility index (Phi) is 22.4. The normalized spacial score (nSPS) is 13.5. The first-order chi connectivity index (χ1) is 35.0. The number of nitrogens with two attached hydrogens (primary N) is 1. The lowest BCUT2D eigenvalue weighted by molar-refractivity contribution is -0.153. The quantitative estimate of drug-likeness (QED) is 0.0352. The molecule has 4 aromatic rings. The van der Waals surface area contributed by atoms with Gasteiger partial charge in [-0.2, -0.15) is 8.42 Å². The molecule has 0 aliphatic rings. The summed E-state index contributed by atoms with van der Waals surface area (Å²) < 4.78 is 41.3. The van der Waals surface area contributed by atoms with Crippen molar-refractivity contribution in [3.63, 3.8) is 0 Å². The summed E-state index contributed by atoms with van der Waals surface area (Å²) in [5.41, 5.74) is 7.07. The Balaban J connectivity index is 1.58. The third-order valence-corrected chi connectivity index (χ3v) is 11.9. The first-order valence-corrected chi connectivity index (χ1v) is 25.7. The number of ether oxygens (including phenoxy) is 1. The van der Waals surface area contributed by atoms with Crippen LogP contribution < -0.4 is 36.5 Å². The summed E-state index contributed by atoms with van der Waals surface area (Å²) in [5, 5.41) is 24.1. The predicted octanol–water partition coefficient (Wildman–Crippen LogP) is 3.38. The molecule has 0 bridgehead atoms. The Morgan fingerprint density at radius 1 is 0.730 bits per heavy atom. The Labute approximate surface area is 430 Å². The van der Waals surface area contributed by atoms with Gasteiger partial charge in [0.25, 0.3) is 0 Å². The van der Waals surface area contributed by atoms with Crippen molar-refractivity contribution in [3.8, 4) is 5.75 Å². The summed E-state index contributed by atoms with van der Waals surface area (Å²) in [4.78, 5) is 113. The summed E-state index contributed by atoms with van der Waals surface area (Å²) in [6, 6.07) is 14.6. The number of nitrogens with one attached hydrogen (secondary N) is 6. The molecule has 7 amide bonds. The smallest absolute Gasteiger partial charge is 0.446 e. The number of carbonyl (C=O) groups is 8. The maximum atomic E-state index is 14.5. The Morgan fingerprint density at radius 3 is 1.92 bits per heavy atom. The zero-order valence-electron chi connectivity index (χ0n) is 42.2. The number of primary amides is 1. The van der Waals surface area contributed by atoms with Gasteiger partial charge in [-0.25, -0.2) is 9.59 Å². The number of hydrogen-bond donors (Lipinski definition) is 9. The maximum Gasteiger partial charge on any atom is 0.446 e. The number of fused-ring (bicyclic) bond motifs is 1. The molecule has 0 aliphatic heterocycles. The predicted molar refractivity (Wildman–Crippen MR) is 272 cm³/mol. The van der Waals surface area contributed by atoms with E-state index in [0.29, 0.717) is 36.8 Å². The van der Waals surface area contributed by atoms with Crippen LogP contribution in [0, 0.1) is 0 Å². The van der Waals surface area contributed by atoms with Crippen LogP contribution in [0.5, 0.6) is 5.75 Å². The van der Waals surface area contributed by atoms with Crippen molar-refractivity contribution < 1.29 is 65.4 Å². The van der Waals surface area contributed by atoms with Gasteiger partial charge in [0.1, 0.15) is 41.6 Å². The minimum atomic E-state index is -4.82. The number of hydrogen-bond acceptors (Lipinski definition) is 12. The third kappa shape index (κ3) is 19.8. The molecule has 74 heavy (non-hydrogen) atoms. The Hall–Kier alpha value is -7.53. The van der Waals surface area contributed by atoms with E-state index in [2.05, 4.69) is 35.8 Å². The zero-order chi connectivity index (χ0) is 54.6. The molecule has 0 saturated heterocycles. The van der Waals surface area contributed by atoms with Gasteiger partial charge < -0.3 is 56.2 Å². The monoisotopic (exact) mass is 1050 g/mol. The fourth-order valence-electron chi connectivity index (χ4n) is 7.89. The van der Waals surface area contributed by atoms with Crippen molar-refractivity contribution in [1.82, 2.24) is 36.5 Å². The highest BCUT2D eigenvalue weighted by Crippen LogP contribution is 2.21. The fourth-order valence-corrected chi connectivity index (χ4v) is 8.24. The van der Waals surface area contributed by atoms with E-state index in [1.807, 2.05) is 32.0 Å². The minimum Gasteiger partial charge on any atom is -0.480 e. The Morgan fingerprint density at radius 2 is 1.32 bits per heavy atom. The SMILES string of the molecule is CCCC[C@H](NC(=O)[C@H](Cc1ccc(OS(=O)(=O)O)cc1)NC(=O)OC(C)(C)C)C(=O)NCC(=O)N[C@H](Cc1c[nH]c2ccccc12)C(=O)N[C@@H](CCCC)C(=O)N(CCc1ccccc1)[C@@H](CC(N)=O)C(=O)O. The van der Waals surface area contributed by atoms with Gasteiger partial charge in [0, 0.05) is 36.5 Å². The van der Waals surface area contributed by atoms with E-state index in [9.17, 15) is 51.9 Å². The number of carboxylic acids is 1. The van der Waals surface area contributed by atoms with E-state index in [1.54, 1.807) is 63.4 Å². The fraction of sp³-hybridized carbons (Fsp3) is 0.451. The van der Waals surface area contributed by atoms with Gasteiger partial charge in [-0.05, 0) is 74.9 Å². The van der Waals surface area contributed by atoms with Gasteiger partial charge in [0.2, 0.25) is 35.4 Å². The number of carbonyl (C=O) groups excluding carboxylic acids is 7. The van der Waals surface area contributed by atoms with Crippen LogP contribution >= 0.6 is 0 Å². The molecule has 0 radical (unpaired) electrons. The molecule has 23 heteroatoms. The average molecular weight is 1050 g/mol. The number of benzene rings is 3. The van der Waals surface area contributed by atoms with Crippen molar-refractivity contribution in [1.29, 1.82) is 0 Å². The van der Waals surface area contributed by atoms with Crippen LogP contribution in [0.25, 0.3) is 10.9 Å². The van der Waals surface area contributed by atoms with E-state index in [0.717, 1.165) is 21.4 Å². The molecular weight excluding hydrogens is 981 g/mol. The zero-order valence-corrected chi connectivity index (χ0v) is 43.0. The number of carboxylic acid groups (broad SMARTS) is 1. The van der Waals surface area contributed by atoms with Gasteiger partial charge in [-0.3, -0.25) is 33.3 Å². The molecule has 22 nitrogen and oxygen atoms in total. The topological polar surface area (TPSA) is 335 Å². The molecule has 0 saturated carbocycles. The van der Waals surface area contributed by atoms with Crippen LogP contribution in [0.15, 0.2) is 85.1 Å². The number of para-hydroxylation sites is 1. The molecular formula is C51H68N8O14S. The van der Waals surface area contributed by atoms with Gasteiger partial charge in [-0.1, -0.05) is 100 Å². The van der Waals surface area contributed by atoms with E-state index < -0.39 is 107 Å². The first-order valence-electron chi connectivity index (χ1n) is 24.3. The molecule has 0 fully saturated rings. The van der Waals surface area contributed by atoms with E-state index in [1.165, 1.54) is 24.3 Å². The van der Waals surface area contributed by atoms with E-state index >= 15 is 0 Å². The lowest BCUT2D eigenvalue weighted by atomic mass is 10.0. The summed E-state index contributed by atoms with van der Waals surface area (Å²) in [6.07, 6.45) is 2.25. The number of rotatable bonds is 29. The average Bonchev–Trinajstić information content (AvgIpc) is 3.74. The molecule has 10 N–H and O–H groups in total. The second kappa shape index (κ2) is 28.1. The third-order valence-electron chi connectivity index (χ3n) is 11.5. The molecule has 402 valence electrons. The lowest BCUT2D eigenvalue weighted by Crippen LogP contribution is -2.59. The molecule has 0 aliphatic carbocycles. The van der Waals surface area contributed by atoms with Crippen molar-refractivity contribution in [3.05, 3.63) is 102 Å². The number of aromatic amines is 1. The number of aromatic nitrogens is 1. The summed E-state index contributed by atoms with van der Waals surface area (Å²) in [7, 11) is -4.82. The number of amides is 7. The highest BCUT2D eigenvalue weighted by atomic mass is 32.3. The van der Waals surface area contributed by atoms with Crippen LogP contribution in [0.1, 0.15) is 96.3 Å². The number of nitrogens with zero attached hydrogens (tertiary/aromatic N) is 1. The summed E-state index contributed by atoms with van der Waals surface area (Å²) in [6.45, 7) is 7.78. The molecule has 5 atom stereocenters. The van der Waals surface area contributed by atoms with Crippen molar-refractivity contribution in [2.45, 2.75) is 135 Å². The van der Waals surface area contributed by atoms with Crippen molar-refractivity contribution in [2.75, 3.05) is 13.1 Å². The van der Waals surface area contributed by atoms with Crippen LogP contribution in [-0.2, 0) is 68.0 Å². The molecule has 0 unspecified atom stereocenters. The Bertz CT molecular complexity index is 2670. The van der Waals surface area contributed by atoms with E-state index in [4.69, 9.17) is 15.0 Å². The minimum absolute atomic E-state index is 0.0763. The highest BCUT2D eigenvalue weighted by Gasteiger charge is 2.37. The van der Waals surface area contributed by atoms with Crippen LogP contribution in [-0.4, -0.2) is 124 Å². The number of alkyl carbamates (subject to hydrolysis) is 1. The number of H-pyrrole nitrogens is 1. The van der Waals surface area contributed by atoms with E-state index in [-0.39, 0.29) is 44.4 Å². The highest BCUT2D eigenvalue weighted by molar-refractivity contribution is 7.81. The number of unbranched alkanes of at least 4 members (excludes halogenated alkanes) is 2. The van der Waals surface area contributed by atoms with Gasteiger partial charge >= 0.3 is 22.5 Å². The molecule has 3 aromatic carbocycles. The second-order valence-electron chi connectivity index (χ2n) is 18.7. The number of aliphatic carboxylic acids is 1. The first kappa shape index (κ1) is 59.0. The molecule has 1 heterocycles. The standard InChI is InChI=1S/C51H68N8O14S/c1-6-8-18-38(56-46(63)40(58-50(68)72-51(3,4)5)27-33-21-23-35(24-22-33)73-74(69,70)71)45(62)54-31-44(61)55-41(28-34-30-53-37-20-14-13-17-36(34)37)47(64)57-39(19-9-7-2)48(65)59(42(49(66)67)29-43(52)60)26-25-32-15-11-10-12-16-32/h10-17,20-24,30,38-42,53H,6-9,18-19,25-29,31H2,1-5H3,(H2,52,60)(H,54,62)(H,55,61)(H,56,63)(H,57,64)(H,58,68)(H,66,67)(H,69,70,71)/t38-,39-,40-,41+,42-/m0/s1. The molecule has 1 aromatic heterocycles. The van der Waals surface area contributed by atoms with Crippen LogP contribution in [0.2, 0.25) is 0 Å². The van der Waals surface area contributed by atoms with Gasteiger partial charge in [-0.15, -0.1) is 0 Å². The maximum absolute atomic E-state index is 14.5. The van der Waals surface area contributed by atoms with Gasteiger partial charge in [0.15, 0.2) is 0 Å². The summed E-state index contributed by atoms with van der Waals surface area (Å²) in [5.74, 6) is -6.61. The summed E-state index contributed by atoms with van der Waals surface area (Å²) >= 11 is 0. The van der Waals surface area contributed by atoms with Crippen molar-refractivity contribution >= 4 is 68.8 Å². The lowest BCUT2D eigenvalue weighted by Gasteiger charge is -2.33. The second-order valence-corrected chi connectivity index (χ2v) is 19.7. The van der Waals surface area contributed by atoms with Crippen LogP contribution in [0.4, 0.5) is 4.79 Å². The van der Waals surface area contributed by atoms with Gasteiger partial charge in [0.05, 0.1) is 13.0 Å². The molecule has 4 rings (SSSR count).